The lowest BCUT2D eigenvalue weighted by molar-refractivity contribution is -0.115. The number of nitrogens with one attached hydrogen (secondary N) is 1. The highest BCUT2D eigenvalue weighted by Gasteiger charge is 2.17. The van der Waals surface area contributed by atoms with E-state index in [4.69, 9.17) is 4.98 Å². The van der Waals surface area contributed by atoms with Crippen LogP contribution in [0.4, 0.5) is 5.69 Å². The molecular weight excluding hydrogens is 398 g/mol. The van der Waals surface area contributed by atoms with E-state index < -0.39 is 9.84 Å². The van der Waals surface area contributed by atoms with Crippen LogP contribution in [0.3, 0.4) is 0 Å². The van der Waals surface area contributed by atoms with Gasteiger partial charge in [-0.15, -0.1) is 0 Å². The summed E-state index contributed by atoms with van der Waals surface area (Å²) in [4.78, 5) is 17.2. The van der Waals surface area contributed by atoms with Crippen molar-refractivity contribution in [3.05, 3.63) is 66.1 Å². The van der Waals surface area contributed by atoms with Gasteiger partial charge >= 0.3 is 0 Å². The molecule has 4 rings (SSSR count). The highest BCUT2D eigenvalue weighted by Crippen LogP contribution is 2.24. The molecular formula is C23H25N3O3S. The molecule has 0 unspecified atom stereocenters. The van der Waals surface area contributed by atoms with Crippen LogP contribution < -0.4 is 5.32 Å². The lowest BCUT2D eigenvalue weighted by Crippen LogP contribution is -2.17. The highest BCUT2D eigenvalue weighted by molar-refractivity contribution is 7.91. The Morgan fingerprint density at radius 3 is 2.50 bits per heavy atom. The number of fused-ring (bicyclic) bond motifs is 1. The predicted octanol–water partition coefficient (Wildman–Crippen LogP) is 4.00. The van der Waals surface area contributed by atoms with Gasteiger partial charge < -0.3 is 9.88 Å². The maximum absolute atomic E-state index is 12.4. The van der Waals surface area contributed by atoms with E-state index in [2.05, 4.69) is 16.1 Å². The fourth-order valence-corrected chi connectivity index (χ4v) is 4.83. The van der Waals surface area contributed by atoms with E-state index in [0.29, 0.717) is 5.69 Å². The van der Waals surface area contributed by atoms with Crippen LogP contribution in [0.2, 0.25) is 0 Å². The molecule has 6 nitrogen and oxygen atoms in total. The van der Waals surface area contributed by atoms with Crippen LogP contribution in [0.5, 0.6) is 0 Å². The Morgan fingerprint density at radius 2 is 1.80 bits per heavy atom. The number of aromatic nitrogens is 2. The van der Waals surface area contributed by atoms with Gasteiger partial charge in [-0.1, -0.05) is 29.8 Å². The van der Waals surface area contributed by atoms with Crippen LogP contribution in [0.25, 0.3) is 11.3 Å². The van der Waals surface area contributed by atoms with E-state index in [1.807, 2.05) is 31.2 Å². The van der Waals surface area contributed by atoms with Gasteiger partial charge in [0.25, 0.3) is 0 Å². The number of hydrogen-bond acceptors (Lipinski definition) is 4. The van der Waals surface area contributed by atoms with E-state index in [1.54, 1.807) is 24.3 Å². The number of anilines is 1. The van der Waals surface area contributed by atoms with Crippen LogP contribution in [0.1, 0.15) is 30.7 Å². The van der Waals surface area contributed by atoms with Crippen molar-refractivity contribution >= 4 is 21.4 Å². The summed E-state index contributed by atoms with van der Waals surface area (Å²) in [6.07, 6.45) is 5.37. The minimum absolute atomic E-state index is 0.0915. The zero-order valence-electron chi connectivity index (χ0n) is 17.0. The molecule has 7 heteroatoms. The van der Waals surface area contributed by atoms with Crippen molar-refractivity contribution in [1.82, 2.24) is 9.55 Å². The number of hydrogen-bond donors (Lipinski definition) is 1. The molecule has 1 aliphatic heterocycles. The minimum Gasteiger partial charge on any atom is -0.334 e. The highest BCUT2D eigenvalue weighted by atomic mass is 32.2. The van der Waals surface area contributed by atoms with Gasteiger partial charge in [-0.2, -0.15) is 0 Å². The van der Waals surface area contributed by atoms with Crippen LogP contribution in [-0.2, 0) is 27.6 Å². The molecule has 0 saturated heterocycles. The third kappa shape index (κ3) is 4.62. The molecule has 0 bridgehead atoms. The summed E-state index contributed by atoms with van der Waals surface area (Å²) in [5.41, 5.74) is 3.57. The summed E-state index contributed by atoms with van der Waals surface area (Å²) < 4.78 is 27.0. The summed E-state index contributed by atoms with van der Waals surface area (Å²) in [7, 11) is -3.48. The molecule has 0 fully saturated rings. The van der Waals surface area contributed by atoms with Crippen molar-refractivity contribution < 1.29 is 13.2 Å². The smallest absolute Gasteiger partial charge is 0.225 e. The molecule has 1 aromatic heterocycles. The van der Waals surface area contributed by atoms with Gasteiger partial charge in [0.1, 0.15) is 5.82 Å². The first-order valence-corrected chi connectivity index (χ1v) is 11.8. The first-order valence-electron chi connectivity index (χ1n) is 10.2. The van der Waals surface area contributed by atoms with E-state index in [1.165, 1.54) is 12.8 Å². The Kier molecular flexibility index (Phi) is 5.72. The Bertz CT molecular complexity index is 1120. The SMILES string of the molecule is Cc1ccc(S(=O)(=O)CCC(=O)Nc2ccc(-c3cn4c(n3)CCCC4)cc2)cc1. The molecule has 1 amide bonds. The van der Waals surface area contributed by atoms with Crippen LogP contribution in [0.15, 0.2) is 59.6 Å². The zero-order valence-corrected chi connectivity index (χ0v) is 17.8. The number of sulfone groups is 1. The average molecular weight is 424 g/mol. The summed E-state index contributed by atoms with van der Waals surface area (Å²) in [5, 5.41) is 2.77. The Labute approximate surface area is 176 Å². The van der Waals surface area contributed by atoms with Gasteiger partial charge in [-0.25, -0.2) is 13.4 Å². The number of amides is 1. The van der Waals surface area contributed by atoms with Gasteiger partial charge in [0.15, 0.2) is 9.84 Å². The summed E-state index contributed by atoms with van der Waals surface area (Å²) in [6, 6.07) is 14.2. The minimum atomic E-state index is -3.48. The van der Waals surface area contributed by atoms with Crippen molar-refractivity contribution in [1.29, 1.82) is 0 Å². The van der Waals surface area contributed by atoms with Gasteiger partial charge in [0.05, 0.1) is 16.3 Å². The van der Waals surface area contributed by atoms with Gasteiger partial charge in [0, 0.05) is 36.8 Å². The first-order chi connectivity index (χ1) is 14.4. The third-order valence-electron chi connectivity index (χ3n) is 5.35. The third-order valence-corrected chi connectivity index (χ3v) is 7.08. The number of carbonyl (C=O) groups is 1. The topological polar surface area (TPSA) is 81.1 Å². The number of rotatable bonds is 6. The van der Waals surface area contributed by atoms with Crippen molar-refractivity contribution in [2.24, 2.45) is 0 Å². The number of aryl methyl sites for hydroxylation is 3. The molecule has 1 aliphatic rings. The average Bonchev–Trinajstić information content (AvgIpc) is 3.17. The molecule has 30 heavy (non-hydrogen) atoms. The van der Waals surface area contributed by atoms with Gasteiger partial charge in [-0.05, 0) is 44.0 Å². The second-order valence-electron chi connectivity index (χ2n) is 7.70. The van der Waals surface area contributed by atoms with Crippen molar-refractivity contribution in [2.75, 3.05) is 11.1 Å². The largest absolute Gasteiger partial charge is 0.334 e. The van der Waals surface area contributed by atoms with E-state index >= 15 is 0 Å². The molecule has 2 heterocycles. The zero-order chi connectivity index (χ0) is 21.1. The van der Waals surface area contributed by atoms with Crippen LogP contribution >= 0.6 is 0 Å². The lowest BCUT2D eigenvalue weighted by atomic mass is 10.1. The maximum atomic E-state index is 12.4. The second kappa shape index (κ2) is 8.44. The molecule has 0 saturated carbocycles. The van der Waals surface area contributed by atoms with E-state index in [0.717, 1.165) is 35.6 Å². The molecule has 0 radical (unpaired) electrons. The fraction of sp³-hybridized carbons (Fsp3) is 0.304. The summed E-state index contributed by atoms with van der Waals surface area (Å²) in [5.74, 6) is 0.583. The second-order valence-corrected chi connectivity index (χ2v) is 9.81. The van der Waals surface area contributed by atoms with Crippen molar-refractivity contribution in [3.63, 3.8) is 0 Å². The monoisotopic (exact) mass is 423 g/mol. The molecule has 3 aromatic rings. The van der Waals surface area contributed by atoms with Gasteiger partial charge in [0.2, 0.25) is 5.91 Å². The standard InChI is InChI=1S/C23H25N3O3S/c1-17-5-11-20(12-6-17)30(28,29)15-13-23(27)24-19-9-7-18(8-10-19)21-16-26-14-3-2-4-22(26)25-21/h5-12,16H,2-4,13-15H2,1H3,(H,24,27). The number of nitrogens with zero attached hydrogens (tertiary/aromatic N) is 2. The van der Waals surface area contributed by atoms with Gasteiger partial charge in [-0.3, -0.25) is 4.79 Å². The Morgan fingerprint density at radius 1 is 1.07 bits per heavy atom. The molecule has 156 valence electrons. The number of benzene rings is 2. The lowest BCUT2D eigenvalue weighted by Gasteiger charge is -2.11. The van der Waals surface area contributed by atoms with Crippen LogP contribution in [-0.4, -0.2) is 29.6 Å². The van der Waals surface area contributed by atoms with Crippen LogP contribution in [0, 0.1) is 6.92 Å². The van der Waals surface area contributed by atoms with E-state index in [9.17, 15) is 13.2 Å². The fourth-order valence-electron chi connectivity index (χ4n) is 3.59. The molecule has 0 spiro atoms. The normalized spacial score (nSPS) is 13.6. The van der Waals surface area contributed by atoms with Crippen molar-refractivity contribution in [2.45, 2.75) is 44.0 Å². The molecule has 2 aromatic carbocycles. The number of carbonyl (C=O) groups excluding carboxylic acids is 1. The predicted molar refractivity (Wildman–Crippen MR) is 117 cm³/mol. The van der Waals surface area contributed by atoms with E-state index in [-0.39, 0.29) is 23.0 Å². The number of imidazole rings is 1. The molecule has 1 N–H and O–H groups in total. The molecule has 0 atom stereocenters. The quantitative estimate of drug-likeness (QED) is 0.650. The Balaban J connectivity index is 1.35. The molecule has 0 aliphatic carbocycles. The Hall–Kier alpha value is -2.93. The first kappa shape index (κ1) is 20.3. The maximum Gasteiger partial charge on any atom is 0.225 e. The van der Waals surface area contributed by atoms with Crippen molar-refractivity contribution in [3.8, 4) is 11.3 Å². The summed E-state index contributed by atoms with van der Waals surface area (Å²) >= 11 is 0. The summed E-state index contributed by atoms with van der Waals surface area (Å²) in [6.45, 7) is 2.91.